The van der Waals surface area contributed by atoms with Gasteiger partial charge in [-0.05, 0) is 37.6 Å². The number of benzene rings is 1. The summed E-state index contributed by atoms with van der Waals surface area (Å²) in [6, 6.07) is 6.61. The maximum atomic E-state index is 13.0. The Morgan fingerprint density at radius 1 is 1.30 bits per heavy atom. The van der Waals surface area contributed by atoms with Gasteiger partial charge in [-0.25, -0.2) is 4.39 Å². The number of halogens is 1. The third-order valence-electron chi connectivity index (χ3n) is 3.49. The van der Waals surface area contributed by atoms with Crippen LogP contribution in [0, 0.1) is 5.82 Å². The molecule has 6 nitrogen and oxygen atoms in total. The summed E-state index contributed by atoms with van der Waals surface area (Å²) < 4.78 is 17.6. The molecule has 2 amide bonds. The van der Waals surface area contributed by atoms with Gasteiger partial charge in [0.25, 0.3) is 5.91 Å². The fraction of sp³-hybridized carbons (Fsp3) is 0.312. The topological polar surface area (TPSA) is 75.4 Å². The van der Waals surface area contributed by atoms with Gasteiger partial charge in [-0.3, -0.25) is 9.59 Å². The lowest BCUT2D eigenvalue weighted by Crippen LogP contribution is -2.43. The minimum absolute atomic E-state index is 0.127. The number of hydrogen-bond acceptors (Lipinski definition) is 4. The highest BCUT2D eigenvalue weighted by atomic mass is 19.1. The van der Waals surface area contributed by atoms with E-state index in [2.05, 4.69) is 15.0 Å². The SMILES string of the molecule is CCC(C)N(CC(=O)Nc1ccon1)C(=O)c1ccc(F)cc1. The predicted octanol–water partition coefficient (Wildman–Crippen LogP) is 2.69. The third kappa shape index (κ3) is 4.38. The number of nitrogens with one attached hydrogen (secondary N) is 1. The van der Waals surface area contributed by atoms with E-state index in [1.807, 2.05) is 13.8 Å². The fourth-order valence-electron chi connectivity index (χ4n) is 2.02. The van der Waals surface area contributed by atoms with Gasteiger partial charge in [-0.15, -0.1) is 0 Å². The van der Waals surface area contributed by atoms with Crippen LogP contribution in [-0.4, -0.2) is 34.5 Å². The molecule has 0 aliphatic heterocycles. The molecule has 1 aromatic heterocycles. The standard InChI is InChI=1S/C16H18FN3O3/c1-3-11(2)20(10-15(21)18-14-8-9-23-19-14)16(22)12-4-6-13(17)7-5-12/h4-9,11H,3,10H2,1-2H3,(H,18,19,21). The van der Waals surface area contributed by atoms with E-state index in [1.54, 1.807) is 0 Å². The van der Waals surface area contributed by atoms with Crippen molar-refractivity contribution in [2.75, 3.05) is 11.9 Å². The van der Waals surface area contributed by atoms with E-state index in [9.17, 15) is 14.0 Å². The number of amides is 2. The number of carbonyl (C=O) groups excluding carboxylic acids is 2. The molecule has 2 rings (SSSR count). The quantitative estimate of drug-likeness (QED) is 0.888. The smallest absolute Gasteiger partial charge is 0.254 e. The first-order valence-electron chi connectivity index (χ1n) is 7.28. The van der Waals surface area contributed by atoms with Crippen molar-refractivity contribution in [3.63, 3.8) is 0 Å². The molecule has 0 saturated heterocycles. The second-order valence-corrected chi connectivity index (χ2v) is 5.13. The van der Waals surface area contributed by atoms with Crippen molar-refractivity contribution in [2.45, 2.75) is 26.3 Å². The van der Waals surface area contributed by atoms with Gasteiger partial charge in [0.05, 0.1) is 0 Å². The van der Waals surface area contributed by atoms with E-state index in [1.165, 1.54) is 41.5 Å². The van der Waals surface area contributed by atoms with Gasteiger partial charge in [0.1, 0.15) is 18.6 Å². The molecule has 1 aromatic carbocycles. The Morgan fingerprint density at radius 3 is 2.57 bits per heavy atom. The van der Waals surface area contributed by atoms with Crippen molar-refractivity contribution in [3.05, 3.63) is 48.0 Å². The predicted molar refractivity (Wildman–Crippen MR) is 82.3 cm³/mol. The summed E-state index contributed by atoms with van der Waals surface area (Å²) in [5, 5.41) is 6.14. The van der Waals surface area contributed by atoms with Crippen molar-refractivity contribution in [2.24, 2.45) is 0 Å². The number of carbonyl (C=O) groups is 2. The molecule has 122 valence electrons. The highest BCUT2D eigenvalue weighted by Crippen LogP contribution is 2.12. The zero-order chi connectivity index (χ0) is 16.8. The van der Waals surface area contributed by atoms with Gasteiger partial charge in [0, 0.05) is 17.7 Å². The molecule has 0 aliphatic carbocycles. The molecule has 0 fully saturated rings. The first kappa shape index (κ1) is 16.7. The summed E-state index contributed by atoms with van der Waals surface area (Å²) in [7, 11) is 0. The van der Waals surface area contributed by atoms with Gasteiger partial charge in [-0.1, -0.05) is 12.1 Å². The largest absolute Gasteiger partial charge is 0.363 e. The molecule has 23 heavy (non-hydrogen) atoms. The summed E-state index contributed by atoms with van der Waals surface area (Å²) in [6.45, 7) is 3.65. The number of aromatic nitrogens is 1. The molecule has 2 aromatic rings. The number of anilines is 1. The van der Waals surface area contributed by atoms with Gasteiger partial charge < -0.3 is 14.7 Å². The molecule has 1 unspecified atom stereocenters. The van der Waals surface area contributed by atoms with Gasteiger partial charge in [0.15, 0.2) is 5.82 Å². The first-order valence-corrected chi connectivity index (χ1v) is 7.28. The molecule has 0 spiro atoms. The molecule has 0 bridgehead atoms. The normalized spacial score (nSPS) is 11.8. The Balaban J connectivity index is 2.11. The van der Waals surface area contributed by atoms with Crippen molar-refractivity contribution in [3.8, 4) is 0 Å². The molecule has 7 heteroatoms. The van der Waals surface area contributed by atoms with Crippen LogP contribution in [0.4, 0.5) is 10.2 Å². The Hall–Kier alpha value is -2.70. The van der Waals surface area contributed by atoms with Crippen LogP contribution in [0.15, 0.2) is 41.1 Å². The van der Waals surface area contributed by atoms with Gasteiger partial charge in [0.2, 0.25) is 5.91 Å². The Labute approximate surface area is 133 Å². The zero-order valence-corrected chi connectivity index (χ0v) is 13.0. The minimum Gasteiger partial charge on any atom is -0.363 e. The van der Waals surface area contributed by atoms with E-state index in [-0.39, 0.29) is 30.2 Å². The molecule has 1 heterocycles. The van der Waals surface area contributed by atoms with Crippen LogP contribution in [0.5, 0.6) is 0 Å². The molecule has 0 radical (unpaired) electrons. The lowest BCUT2D eigenvalue weighted by atomic mass is 10.1. The lowest BCUT2D eigenvalue weighted by Gasteiger charge is -2.28. The molecule has 0 saturated carbocycles. The monoisotopic (exact) mass is 319 g/mol. The van der Waals surface area contributed by atoms with Crippen LogP contribution >= 0.6 is 0 Å². The maximum Gasteiger partial charge on any atom is 0.254 e. The van der Waals surface area contributed by atoms with Crippen molar-refractivity contribution < 1.29 is 18.5 Å². The van der Waals surface area contributed by atoms with E-state index < -0.39 is 5.82 Å². The Morgan fingerprint density at radius 2 is 2.00 bits per heavy atom. The number of nitrogens with zero attached hydrogens (tertiary/aromatic N) is 2. The molecule has 0 aliphatic rings. The summed E-state index contributed by atoms with van der Waals surface area (Å²) in [5.74, 6) is -0.835. The van der Waals surface area contributed by atoms with Crippen LogP contribution in [0.25, 0.3) is 0 Å². The average molecular weight is 319 g/mol. The zero-order valence-electron chi connectivity index (χ0n) is 13.0. The van der Waals surface area contributed by atoms with E-state index in [4.69, 9.17) is 0 Å². The van der Waals surface area contributed by atoms with Crippen LogP contribution in [0.2, 0.25) is 0 Å². The van der Waals surface area contributed by atoms with Crippen molar-refractivity contribution in [1.29, 1.82) is 0 Å². The fourth-order valence-corrected chi connectivity index (χ4v) is 2.02. The number of hydrogen-bond donors (Lipinski definition) is 1. The molecule has 1 N–H and O–H groups in total. The number of rotatable bonds is 6. The van der Waals surface area contributed by atoms with Crippen molar-refractivity contribution >= 4 is 17.6 Å². The summed E-state index contributed by atoms with van der Waals surface area (Å²) in [6.07, 6.45) is 2.02. The summed E-state index contributed by atoms with van der Waals surface area (Å²) >= 11 is 0. The molecular weight excluding hydrogens is 301 g/mol. The van der Waals surface area contributed by atoms with Crippen LogP contribution < -0.4 is 5.32 Å². The first-order chi connectivity index (χ1) is 11.0. The second-order valence-electron chi connectivity index (χ2n) is 5.13. The second kappa shape index (κ2) is 7.53. The average Bonchev–Trinajstić information content (AvgIpc) is 3.05. The summed E-state index contributed by atoms with van der Waals surface area (Å²) in [4.78, 5) is 26.1. The van der Waals surface area contributed by atoms with Crippen LogP contribution in [-0.2, 0) is 4.79 Å². The van der Waals surface area contributed by atoms with E-state index >= 15 is 0 Å². The molecular formula is C16H18FN3O3. The van der Waals surface area contributed by atoms with Crippen LogP contribution in [0.1, 0.15) is 30.6 Å². The van der Waals surface area contributed by atoms with E-state index in [0.29, 0.717) is 12.0 Å². The Kier molecular flexibility index (Phi) is 5.46. The lowest BCUT2D eigenvalue weighted by molar-refractivity contribution is -0.117. The van der Waals surface area contributed by atoms with E-state index in [0.717, 1.165) is 0 Å². The maximum absolute atomic E-state index is 13.0. The van der Waals surface area contributed by atoms with Gasteiger partial charge >= 0.3 is 0 Å². The van der Waals surface area contributed by atoms with Gasteiger partial charge in [-0.2, -0.15) is 0 Å². The summed E-state index contributed by atoms with van der Waals surface area (Å²) in [5.41, 5.74) is 0.334. The Bertz CT molecular complexity index is 656. The van der Waals surface area contributed by atoms with Crippen molar-refractivity contribution in [1.82, 2.24) is 10.1 Å². The highest BCUT2D eigenvalue weighted by Gasteiger charge is 2.23. The minimum atomic E-state index is -0.416. The third-order valence-corrected chi connectivity index (χ3v) is 3.49. The van der Waals surface area contributed by atoms with Crippen LogP contribution in [0.3, 0.4) is 0 Å². The molecule has 1 atom stereocenters. The highest BCUT2D eigenvalue weighted by molar-refractivity contribution is 5.99.